The Hall–Kier alpha value is -0.370. The molecule has 74 valence electrons. The van der Waals surface area contributed by atoms with Crippen molar-refractivity contribution < 1.29 is 4.79 Å². The van der Waals surface area contributed by atoms with Crippen molar-refractivity contribution in [2.75, 3.05) is 20.1 Å². The lowest BCUT2D eigenvalue weighted by molar-refractivity contribution is -0.134. The molecular weight excluding hydrogens is 162 g/mol. The molecule has 2 heteroatoms. The van der Waals surface area contributed by atoms with E-state index >= 15 is 0 Å². The second-order valence-corrected chi connectivity index (χ2v) is 4.75. The molecule has 0 aromatic heterocycles. The largest absolute Gasteiger partial charge is 0.305 e. The van der Waals surface area contributed by atoms with Crippen molar-refractivity contribution in [2.45, 2.75) is 38.5 Å². The molecule has 0 bridgehead atoms. The van der Waals surface area contributed by atoms with Gasteiger partial charge < -0.3 is 4.90 Å². The van der Waals surface area contributed by atoms with Gasteiger partial charge in [-0.2, -0.15) is 0 Å². The number of hydrogen-bond donors (Lipinski definition) is 0. The predicted molar refractivity (Wildman–Crippen MR) is 52.6 cm³/mol. The molecule has 2 aliphatic rings. The molecule has 0 aromatic rings. The number of carbonyl (C=O) groups is 1. The number of rotatable bonds is 0. The Kier molecular flexibility index (Phi) is 2.41. The van der Waals surface area contributed by atoms with Gasteiger partial charge in [-0.05, 0) is 39.3 Å². The van der Waals surface area contributed by atoms with Crippen LogP contribution >= 0.6 is 0 Å². The van der Waals surface area contributed by atoms with Gasteiger partial charge in [0.25, 0.3) is 0 Å². The fourth-order valence-corrected chi connectivity index (χ4v) is 2.95. The van der Waals surface area contributed by atoms with Gasteiger partial charge in [0.05, 0.1) is 0 Å². The Morgan fingerprint density at radius 2 is 2.00 bits per heavy atom. The minimum atomic E-state index is 0.0747. The molecule has 1 saturated carbocycles. The molecule has 1 aliphatic heterocycles. The average Bonchev–Trinajstić information content (AvgIpc) is 2.11. The van der Waals surface area contributed by atoms with E-state index in [1.54, 1.807) is 0 Å². The summed E-state index contributed by atoms with van der Waals surface area (Å²) >= 11 is 0. The first kappa shape index (κ1) is 9.20. The van der Waals surface area contributed by atoms with Gasteiger partial charge in [0, 0.05) is 18.4 Å². The minimum absolute atomic E-state index is 0.0747. The zero-order valence-corrected chi connectivity index (χ0v) is 8.51. The van der Waals surface area contributed by atoms with E-state index in [9.17, 15) is 4.79 Å². The summed E-state index contributed by atoms with van der Waals surface area (Å²) in [6.45, 7) is 2.20. The van der Waals surface area contributed by atoms with E-state index in [4.69, 9.17) is 0 Å². The summed E-state index contributed by atoms with van der Waals surface area (Å²) in [7, 11) is 2.14. The molecule has 1 saturated heterocycles. The van der Waals surface area contributed by atoms with E-state index in [1.807, 2.05) is 0 Å². The quantitative estimate of drug-likeness (QED) is 0.568. The summed E-state index contributed by atoms with van der Waals surface area (Å²) in [5.74, 6) is 0.547. The molecule has 1 atom stereocenters. The lowest BCUT2D eigenvalue weighted by atomic mass is 9.68. The van der Waals surface area contributed by atoms with Crippen LogP contribution in [0.25, 0.3) is 0 Å². The normalized spacial score (nSPS) is 36.8. The van der Waals surface area contributed by atoms with Crippen LogP contribution in [0.1, 0.15) is 38.5 Å². The topological polar surface area (TPSA) is 20.3 Å². The predicted octanol–water partition coefficient (Wildman–Crippen LogP) is 1.84. The highest BCUT2D eigenvalue weighted by molar-refractivity contribution is 5.85. The Bertz CT molecular complexity index is 210. The monoisotopic (exact) mass is 181 g/mol. The maximum Gasteiger partial charge on any atom is 0.140 e. The fraction of sp³-hybridized carbons (Fsp3) is 0.909. The van der Waals surface area contributed by atoms with Crippen LogP contribution in [0.3, 0.4) is 0 Å². The van der Waals surface area contributed by atoms with Crippen molar-refractivity contribution in [1.29, 1.82) is 0 Å². The molecule has 1 unspecified atom stereocenters. The number of likely N-dealkylation sites (tertiary alicyclic amines) is 1. The molecule has 1 aliphatic carbocycles. The first-order chi connectivity index (χ1) is 6.23. The lowest BCUT2D eigenvalue weighted by Gasteiger charge is -2.42. The Morgan fingerprint density at radius 3 is 2.69 bits per heavy atom. The Labute approximate surface area is 80.3 Å². The summed E-state index contributed by atoms with van der Waals surface area (Å²) < 4.78 is 0. The van der Waals surface area contributed by atoms with Gasteiger partial charge in [0.15, 0.2) is 0 Å². The highest BCUT2D eigenvalue weighted by Crippen LogP contribution is 2.40. The zero-order valence-electron chi connectivity index (χ0n) is 8.51. The summed E-state index contributed by atoms with van der Waals surface area (Å²) in [5.41, 5.74) is 0.0747. The van der Waals surface area contributed by atoms with Gasteiger partial charge in [-0.15, -0.1) is 0 Å². The van der Waals surface area contributed by atoms with Crippen LogP contribution in [-0.4, -0.2) is 30.8 Å². The number of piperidine rings is 1. The Balaban J connectivity index is 2.11. The summed E-state index contributed by atoms with van der Waals surface area (Å²) in [4.78, 5) is 14.2. The molecule has 1 heterocycles. The summed E-state index contributed by atoms with van der Waals surface area (Å²) in [6.07, 6.45) is 6.74. The van der Waals surface area contributed by atoms with Gasteiger partial charge in [0.2, 0.25) is 0 Å². The standard InChI is InChI=1S/C11H19NO/c1-12-8-4-7-11(9-12)6-3-2-5-10(11)13/h2-9H2,1H3. The van der Waals surface area contributed by atoms with Crippen LogP contribution in [0.2, 0.25) is 0 Å². The van der Waals surface area contributed by atoms with Crippen molar-refractivity contribution in [3.63, 3.8) is 0 Å². The van der Waals surface area contributed by atoms with Crippen LogP contribution in [0, 0.1) is 5.41 Å². The first-order valence-corrected chi connectivity index (χ1v) is 5.45. The van der Waals surface area contributed by atoms with E-state index in [2.05, 4.69) is 11.9 Å². The molecule has 2 fully saturated rings. The number of ketones is 1. The first-order valence-electron chi connectivity index (χ1n) is 5.45. The maximum atomic E-state index is 11.9. The second-order valence-electron chi connectivity index (χ2n) is 4.75. The zero-order chi connectivity index (χ0) is 9.31. The van der Waals surface area contributed by atoms with Crippen molar-refractivity contribution in [3.8, 4) is 0 Å². The molecule has 0 aromatic carbocycles. The SMILES string of the molecule is CN1CCCC2(CCCCC2=O)C1. The van der Waals surface area contributed by atoms with E-state index < -0.39 is 0 Å². The van der Waals surface area contributed by atoms with Gasteiger partial charge in [0.1, 0.15) is 5.78 Å². The number of carbonyl (C=O) groups excluding carboxylic acids is 1. The van der Waals surface area contributed by atoms with E-state index in [0.29, 0.717) is 5.78 Å². The molecule has 13 heavy (non-hydrogen) atoms. The second kappa shape index (κ2) is 3.41. The number of nitrogens with zero attached hydrogens (tertiary/aromatic N) is 1. The van der Waals surface area contributed by atoms with Crippen molar-refractivity contribution in [2.24, 2.45) is 5.41 Å². The number of hydrogen-bond acceptors (Lipinski definition) is 2. The molecule has 1 spiro atoms. The van der Waals surface area contributed by atoms with Gasteiger partial charge >= 0.3 is 0 Å². The molecule has 0 N–H and O–H groups in total. The molecular formula is C11H19NO. The molecule has 2 nitrogen and oxygen atoms in total. The third-order valence-electron chi connectivity index (χ3n) is 3.67. The number of Topliss-reactive ketones (excluding diaryl/α,β-unsaturated/α-hetero) is 1. The molecule has 0 radical (unpaired) electrons. The highest BCUT2D eigenvalue weighted by atomic mass is 16.1. The summed E-state index contributed by atoms with van der Waals surface area (Å²) in [5, 5.41) is 0. The average molecular weight is 181 g/mol. The van der Waals surface area contributed by atoms with Crippen LogP contribution in [0.5, 0.6) is 0 Å². The smallest absolute Gasteiger partial charge is 0.140 e. The van der Waals surface area contributed by atoms with Crippen LogP contribution < -0.4 is 0 Å². The van der Waals surface area contributed by atoms with Crippen molar-refractivity contribution in [1.82, 2.24) is 4.90 Å². The lowest BCUT2D eigenvalue weighted by Crippen LogP contribution is -2.47. The van der Waals surface area contributed by atoms with E-state index in [-0.39, 0.29) is 5.41 Å². The summed E-state index contributed by atoms with van der Waals surface area (Å²) in [6, 6.07) is 0. The van der Waals surface area contributed by atoms with Crippen molar-refractivity contribution in [3.05, 3.63) is 0 Å². The van der Waals surface area contributed by atoms with E-state index in [1.165, 1.54) is 19.4 Å². The minimum Gasteiger partial charge on any atom is -0.305 e. The van der Waals surface area contributed by atoms with Crippen molar-refractivity contribution >= 4 is 5.78 Å². The maximum absolute atomic E-state index is 11.9. The van der Waals surface area contributed by atoms with Crippen LogP contribution in [0.15, 0.2) is 0 Å². The third kappa shape index (κ3) is 1.64. The van der Waals surface area contributed by atoms with Gasteiger partial charge in [-0.3, -0.25) is 4.79 Å². The Morgan fingerprint density at radius 1 is 1.23 bits per heavy atom. The van der Waals surface area contributed by atoms with Gasteiger partial charge in [-0.25, -0.2) is 0 Å². The highest BCUT2D eigenvalue weighted by Gasteiger charge is 2.41. The molecule has 2 rings (SSSR count). The molecule has 0 amide bonds. The third-order valence-corrected chi connectivity index (χ3v) is 3.67. The van der Waals surface area contributed by atoms with Crippen LogP contribution in [-0.2, 0) is 4.79 Å². The fourth-order valence-electron chi connectivity index (χ4n) is 2.95. The van der Waals surface area contributed by atoms with Crippen LogP contribution in [0.4, 0.5) is 0 Å². The van der Waals surface area contributed by atoms with Gasteiger partial charge in [-0.1, -0.05) is 6.42 Å². The van der Waals surface area contributed by atoms with E-state index in [0.717, 1.165) is 32.2 Å².